The van der Waals surface area contributed by atoms with Crippen LogP contribution in [0.4, 0.5) is 5.69 Å². The van der Waals surface area contributed by atoms with Gasteiger partial charge in [-0.05, 0) is 38.0 Å². The number of carbonyl (C=O) groups excluding carboxylic acids is 1. The Kier molecular flexibility index (Phi) is 6.30. The van der Waals surface area contributed by atoms with Crippen molar-refractivity contribution in [2.24, 2.45) is 0 Å². The summed E-state index contributed by atoms with van der Waals surface area (Å²) in [6.07, 6.45) is 1.47. The molecule has 1 aromatic carbocycles. The highest BCUT2D eigenvalue weighted by Crippen LogP contribution is 2.28. The molecule has 0 radical (unpaired) electrons. The highest BCUT2D eigenvalue weighted by Gasteiger charge is 2.32. The van der Waals surface area contributed by atoms with Crippen LogP contribution in [0, 0.1) is 0 Å². The lowest BCUT2D eigenvalue weighted by Crippen LogP contribution is -2.42. The fraction of sp³-hybridized carbons (Fsp3) is 0.533. The zero-order chi connectivity index (χ0) is 15.2. The van der Waals surface area contributed by atoms with Crippen LogP contribution in [0.25, 0.3) is 0 Å². The minimum absolute atomic E-state index is 0.172. The molecule has 112 valence electrons. The zero-order valence-corrected chi connectivity index (χ0v) is 13.2. The molecule has 0 fully saturated rings. The van der Waals surface area contributed by atoms with E-state index in [0.717, 1.165) is 6.42 Å². The van der Waals surface area contributed by atoms with Crippen LogP contribution in [0.15, 0.2) is 18.2 Å². The van der Waals surface area contributed by atoms with Crippen molar-refractivity contribution >= 4 is 23.2 Å². The van der Waals surface area contributed by atoms with Crippen LogP contribution >= 0.6 is 11.6 Å². The van der Waals surface area contributed by atoms with Crippen LogP contribution < -0.4 is 10.1 Å². The van der Waals surface area contributed by atoms with Crippen LogP contribution in [0.1, 0.15) is 33.6 Å². The molecule has 1 amide bonds. The smallest absolute Gasteiger partial charge is 0.256 e. The average Bonchev–Trinajstić information content (AvgIpc) is 2.44. The monoisotopic (exact) mass is 299 g/mol. The maximum absolute atomic E-state index is 12.3. The lowest BCUT2D eigenvalue weighted by atomic mass is 10.0. The summed E-state index contributed by atoms with van der Waals surface area (Å²) in [6.45, 7) is 6.29. The normalized spacial score (nSPS) is 13.7. The van der Waals surface area contributed by atoms with Gasteiger partial charge in [-0.15, -0.1) is 0 Å². The number of methoxy groups -OCH3 is 1. The van der Waals surface area contributed by atoms with Crippen LogP contribution in [-0.2, 0) is 9.53 Å². The number of hydrogen-bond donors (Lipinski definition) is 1. The van der Waals surface area contributed by atoms with Crippen LogP contribution in [0.5, 0.6) is 5.75 Å². The Morgan fingerprint density at radius 3 is 2.60 bits per heavy atom. The number of halogens is 1. The summed E-state index contributed by atoms with van der Waals surface area (Å²) in [7, 11) is 1.55. The molecule has 0 saturated carbocycles. The fourth-order valence-electron chi connectivity index (χ4n) is 1.66. The topological polar surface area (TPSA) is 47.6 Å². The van der Waals surface area contributed by atoms with Gasteiger partial charge in [0.2, 0.25) is 0 Å². The molecule has 0 aliphatic heterocycles. The van der Waals surface area contributed by atoms with E-state index in [0.29, 0.717) is 29.5 Å². The summed E-state index contributed by atoms with van der Waals surface area (Å²) in [5, 5.41) is 3.29. The Labute approximate surface area is 125 Å². The number of anilines is 1. The summed E-state index contributed by atoms with van der Waals surface area (Å²) in [6, 6.07) is 5.13. The van der Waals surface area contributed by atoms with Crippen molar-refractivity contribution in [2.45, 2.75) is 39.2 Å². The van der Waals surface area contributed by atoms with Gasteiger partial charge in [0.05, 0.1) is 12.1 Å². The molecule has 0 bridgehead atoms. The Morgan fingerprint density at radius 1 is 1.40 bits per heavy atom. The third-order valence-corrected chi connectivity index (χ3v) is 3.48. The predicted molar refractivity (Wildman–Crippen MR) is 81.6 cm³/mol. The summed E-state index contributed by atoms with van der Waals surface area (Å²) in [4.78, 5) is 12.3. The number of amides is 1. The Bertz CT molecular complexity index is 464. The minimum Gasteiger partial charge on any atom is -0.495 e. The van der Waals surface area contributed by atoms with Crippen molar-refractivity contribution < 1.29 is 14.3 Å². The third-order valence-electron chi connectivity index (χ3n) is 3.19. The van der Waals surface area contributed by atoms with E-state index in [4.69, 9.17) is 21.1 Å². The first-order valence-electron chi connectivity index (χ1n) is 6.75. The van der Waals surface area contributed by atoms with Crippen molar-refractivity contribution in [3.63, 3.8) is 0 Å². The summed E-state index contributed by atoms with van der Waals surface area (Å²) in [5.41, 5.74) is -0.205. The Hall–Kier alpha value is -1.26. The van der Waals surface area contributed by atoms with Gasteiger partial charge < -0.3 is 14.8 Å². The second-order valence-corrected chi connectivity index (χ2v) is 5.14. The fourth-order valence-corrected chi connectivity index (χ4v) is 1.92. The van der Waals surface area contributed by atoms with Crippen LogP contribution in [0.3, 0.4) is 0 Å². The molecule has 5 heteroatoms. The Balaban J connectivity index is 2.80. The molecule has 1 aromatic rings. The van der Waals surface area contributed by atoms with E-state index in [-0.39, 0.29) is 5.91 Å². The first kappa shape index (κ1) is 16.8. The van der Waals surface area contributed by atoms with E-state index in [1.165, 1.54) is 0 Å². The summed E-state index contributed by atoms with van der Waals surface area (Å²) >= 11 is 6.04. The van der Waals surface area contributed by atoms with Gasteiger partial charge in [-0.3, -0.25) is 4.79 Å². The van der Waals surface area contributed by atoms with Gasteiger partial charge in [-0.25, -0.2) is 0 Å². The summed E-state index contributed by atoms with van der Waals surface area (Å²) in [5.74, 6) is 0.403. The second-order valence-electron chi connectivity index (χ2n) is 4.74. The van der Waals surface area contributed by atoms with E-state index in [1.54, 1.807) is 32.2 Å². The minimum atomic E-state index is -0.831. The van der Waals surface area contributed by atoms with Gasteiger partial charge in [-0.2, -0.15) is 0 Å². The van der Waals surface area contributed by atoms with Crippen LogP contribution in [-0.4, -0.2) is 25.2 Å². The number of rotatable bonds is 7. The quantitative estimate of drug-likeness (QED) is 0.831. The molecule has 20 heavy (non-hydrogen) atoms. The van der Waals surface area contributed by atoms with E-state index >= 15 is 0 Å². The maximum Gasteiger partial charge on any atom is 0.256 e. The standard InChI is InChI=1S/C15H22ClNO3/c1-5-9-20-15(3,6-2)14(18)17-11-7-8-13(19-4)12(16)10-11/h7-8,10H,5-6,9H2,1-4H3,(H,17,18)/t15-/m1/s1. The molecule has 0 heterocycles. The van der Waals surface area contributed by atoms with Gasteiger partial charge >= 0.3 is 0 Å². The highest BCUT2D eigenvalue weighted by atomic mass is 35.5. The van der Waals surface area contributed by atoms with E-state index in [9.17, 15) is 4.79 Å². The average molecular weight is 300 g/mol. The van der Waals surface area contributed by atoms with Crippen molar-refractivity contribution in [1.29, 1.82) is 0 Å². The Morgan fingerprint density at radius 2 is 2.10 bits per heavy atom. The van der Waals surface area contributed by atoms with E-state index in [1.807, 2.05) is 13.8 Å². The molecule has 0 unspecified atom stereocenters. The molecule has 0 saturated heterocycles. The van der Waals surface area contributed by atoms with Crippen molar-refractivity contribution in [2.75, 3.05) is 19.0 Å². The number of ether oxygens (including phenoxy) is 2. The van der Waals surface area contributed by atoms with Crippen molar-refractivity contribution in [3.8, 4) is 5.75 Å². The molecule has 1 rings (SSSR count). The lowest BCUT2D eigenvalue weighted by Gasteiger charge is -2.27. The van der Waals surface area contributed by atoms with Gasteiger partial charge in [0, 0.05) is 12.3 Å². The number of hydrogen-bond acceptors (Lipinski definition) is 3. The second kappa shape index (κ2) is 7.50. The highest BCUT2D eigenvalue weighted by molar-refractivity contribution is 6.32. The van der Waals surface area contributed by atoms with Gasteiger partial charge in [0.25, 0.3) is 5.91 Å². The largest absolute Gasteiger partial charge is 0.495 e. The van der Waals surface area contributed by atoms with E-state index in [2.05, 4.69) is 5.32 Å². The number of carbonyl (C=O) groups is 1. The van der Waals surface area contributed by atoms with Gasteiger partial charge in [0.15, 0.2) is 0 Å². The van der Waals surface area contributed by atoms with Gasteiger partial charge in [-0.1, -0.05) is 25.4 Å². The molecule has 0 spiro atoms. The summed E-state index contributed by atoms with van der Waals surface area (Å²) < 4.78 is 10.7. The van der Waals surface area contributed by atoms with Crippen molar-refractivity contribution in [3.05, 3.63) is 23.2 Å². The molecule has 0 aromatic heterocycles. The molecule has 0 aliphatic carbocycles. The molecular weight excluding hydrogens is 278 g/mol. The van der Waals surface area contributed by atoms with E-state index < -0.39 is 5.60 Å². The van der Waals surface area contributed by atoms with Gasteiger partial charge in [0.1, 0.15) is 11.4 Å². The van der Waals surface area contributed by atoms with Crippen molar-refractivity contribution in [1.82, 2.24) is 0 Å². The molecule has 1 N–H and O–H groups in total. The predicted octanol–water partition coefficient (Wildman–Crippen LogP) is 3.88. The first-order chi connectivity index (χ1) is 9.46. The zero-order valence-electron chi connectivity index (χ0n) is 12.5. The SMILES string of the molecule is CCCO[C@](C)(CC)C(=O)Nc1ccc(OC)c(Cl)c1. The first-order valence-corrected chi connectivity index (χ1v) is 7.13. The number of nitrogens with one attached hydrogen (secondary N) is 1. The number of benzene rings is 1. The third kappa shape index (κ3) is 4.12. The molecule has 0 aliphatic rings. The maximum atomic E-state index is 12.3. The molecule has 4 nitrogen and oxygen atoms in total. The molecular formula is C15H22ClNO3. The molecule has 1 atom stereocenters. The van der Waals surface area contributed by atoms with Crippen LogP contribution in [0.2, 0.25) is 5.02 Å². The lowest BCUT2D eigenvalue weighted by molar-refractivity contribution is -0.139.